The number of fused-ring (bicyclic) bond motifs is 1. The van der Waals surface area contributed by atoms with Gasteiger partial charge in [0.05, 0.1) is 5.75 Å². The van der Waals surface area contributed by atoms with E-state index in [0.717, 1.165) is 5.56 Å². The lowest BCUT2D eigenvalue weighted by molar-refractivity contribution is -0.170. The molecule has 1 aromatic carbocycles. The van der Waals surface area contributed by atoms with Crippen molar-refractivity contribution in [2.45, 2.75) is 49.6 Å². The molecule has 0 unspecified atom stereocenters. The van der Waals surface area contributed by atoms with E-state index in [1.165, 1.54) is 23.6 Å². The second-order valence-corrected chi connectivity index (χ2v) is 10.4. The van der Waals surface area contributed by atoms with Gasteiger partial charge in [0.2, 0.25) is 0 Å². The van der Waals surface area contributed by atoms with E-state index in [9.17, 15) is 18.0 Å². The van der Waals surface area contributed by atoms with E-state index in [4.69, 9.17) is 8.92 Å². The fourth-order valence-electron chi connectivity index (χ4n) is 3.08. The van der Waals surface area contributed by atoms with Gasteiger partial charge < -0.3 is 9.64 Å². The molecule has 26 heavy (non-hydrogen) atoms. The largest absolute Gasteiger partial charge is 0.459 e. The van der Waals surface area contributed by atoms with Gasteiger partial charge in [-0.3, -0.25) is 8.98 Å². The first-order valence-electron chi connectivity index (χ1n) is 8.28. The molecule has 2 aliphatic rings. The molecule has 0 spiro atoms. The molecule has 0 radical (unpaired) electrons. The van der Waals surface area contributed by atoms with Crippen molar-refractivity contribution in [3.05, 3.63) is 35.9 Å². The molecule has 2 fully saturated rings. The first kappa shape index (κ1) is 19.2. The van der Waals surface area contributed by atoms with Crippen molar-refractivity contribution in [3.8, 4) is 0 Å². The van der Waals surface area contributed by atoms with Crippen molar-refractivity contribution < 1.29 is 26.9 Å². The number of thioether (sulfide) groups is 1. The number of nitrogens with zero attached hydrogens (tertiary/aromatic N) is 1. The number of ether oxygens (including phenoxy) is 1. The first-order valence-corrected chi connectivity index (χ1v) is 10.7. The van der Waals surface area contributed by atoms with Gasteiger partial charge in [-0.15, -0.1) is 11.8 Å². The molecule has 2 aliphatic heterocycles. The van der Waals surface area contributed by atoms with Gasteiger partial charge in [-0.05, 0) is 26.3 Å². The van der Waals surface area contributed by atoms with E-state index in [1.54, 1.807) is 0 Å². The van der Waals surface area contributed by atoms with Crippen LogP contribution in [0, 0.1) is 0 Å². The summed E-state index contributed by atoms with van der Waals surface area (Å²) in [7, 11) is -3.75. The van der Waals surface area contributed by atoms with Crippen LogP contribution in [0.2, 0.25) is 0 Å². The number of benzene rings is 1. The molecule has 7 nitrogen and oxygen atoms in total. The number of hydrogen-bond acceptors (Lipinski definition) is 7. The molecule has 2 saturated heterocycles. The Morgan fingerprint density at radius 2 is 1.92 bits per heavy atom. The second-order valence-electron chi connectivity index (χ2n) is 6.72. The molecule has 0 aromatic heterocycles. The van der Waals surface area contributed by atoms with E-state index < -0.39 is 44.3 Å². The van der Waals surface area contributed by atoms with Crippen molar-refractivity contribution in [2.24, 2.45) is 0 Å². The predicted molar refractivity (Wildman–Crippen MR) is 96.7 cm³/mol. The van der Waals surface area contributed by atoms with Crippen LogP contribution in [0.3, 0.4) is 0 Å². The molecular formula is C17H21NO6S2. The highest BCUT2D eigenvalue weighted by Crippen LogP contribution is 2.52. The minimum Gasteiger partial charge on any atom is -0.459 e. The third-order valence-electron chi connectivity index (χ3n) is 4.44. The molecule has 2 heterocycles. The Kier molecular flexibility index (Phi) is 5.06. The summed E-state index contributed by atoms with van der Waals surface area (Å²) >= 11 is 1.35. The number of hydrogen-bond donors (Lipinski definition) is 0. The maximum atomic E-state index is 12.6. The van der Waals surface area contributed by atoms with Crippen LogP contribution in [0.1, 0.15) is 26.3 Å². The van der Waals surface area contributed by atoms with Gasteiger partial charge in [-0.25, -0.2) is 4.79 Å². The Hall–Kier alpha value is -1.58. The lowest BCUT2D eigenvalue weighted by Crippen LogP contribution is -2.66. The maximum absolute atomic E-state index is 12.6. The van der Waals surface area contributed by atoms with Crippen LogP contribution in [0.15, 0.2) is 30.3 Å². The van der Waals surface area contributed by atoms with Crippen LogP contribution in [-0.4, -0.2) is 53.2 Å². The summed E-state index contributed by atoms with van der Waals surface area (Å²) in [4.78, 5) is 26.4. The molecule has 1 amide bonds. The van der Waals surface area contributed by atoms with Crippen molar-refractivity contribution in [1.29, 1.82) is 0 Å². The monoisotopic (exact) mass is 399 g/mol. The molecule has 142 valence electrons. The lowest BCUT2D eigenvalue weighted by Gasteiger charge is -2.42. The predicted octanol–water partition coefficient (Wildman–Crippen LogP) is 1.53. The number of rotatable bonds is 6. The summed E-state index contributed by atoms with van der Waals surface area (Å²) < 4.78 is 33.2. The van der Waals surface area contributed by atoms with Gasteiger partial charge in [0.15, 0.2) is 6.10 Å². The van der Waals surface area contributed by atoms with Crippen LogP contribution in [0.4, 0.5) is 0 Å². The SMILES string of the molecule is CCS(=O)(=O)O[C@@H]1C(=O)N2[C@@H]1SC(C)(C)[C@@H]2C(=O)OCc1ccccc1. The Labute approximate surface area is 157 Å². The van der Waals surface area contributed by atoms with E-state index >= 15 is 0 Å². The first-order chi connectivity index (χ1) is 12.2. The van der Waals surface area contributed by atoms with Gasteiger partial charge in [0.25, 0.3) is 16.0 Å². The fourth-order valence-corrected chi connectivity index (χ4v) is 5.39. The van der Waals surface area contributed by atoms with Crippen molar-refractivity contribution in [1.82, 2.24) is 4.90 Å². The summed E-state index contributed by atoms with van der Waals surface area (Å²) in [5.74, 6) is -1.20. The minimum absolute atomic E-state index is 0.119. The normalized spacial score (nSPS) is 27.0. The molecule has 0 bridgehead atoms. The van der Waals surface area contributed by atoms with Crippen molar-refractivity contribution >= 4 is 33.8 Å². The van der Waals surface area contributed by atoms with Gasteiger partial charge in [-0.2, -0.15) is 8.42 Å². The van der Waals surface area contributed by atoms with Gasteiger partial charge in [-0.1, -0.05) is 30.3 Å². The van der Waals surface area contributed by atoms with Crippen LogP contribution in [-0.2, 0) is 35.2 Å². The van der Waals surface area contributed by atoms with E-state index in [2.05, 4.69) is 0 Å². The van der Waals surface area contributed by atoms with Gasteiger partial charge >= 0.3 is 5.97 Å². The van der Waals surface area contributed by atoms with E-state index in [-0.39, 0.29) is 12.4 Å². The summed E-state index contributed by atoms with van der Waals surface area (Å²) in [5.41, 5.74) is 0.853. The highest BCUT2D eigenvalue weighted by molar-refractivity contribution is 8.01. The number of esters is 1. The molecule has 0 aliphatic carbocycles. The highest BCUT2D eigenvalue weighted by Gasteiger charge is 2.65. The van der Waals surface area contributed by atoms with E-state index in [1.807, 2.05) is 44.2 Å². The number of carbonyl (C=O) groups is 2. The zero-order valence-corrected chi connectivity index (χ0v) is 16.4. The van der Waals surface area contributed by atoms with Gasteiger partial charge in [0, 0.05) is 4.75 Å². The Balaban J connectivity index is 1.71. The second kappa shape index (κ2) is 6.86. The molecule has 1 aromatic rings. The third-order valence-corrected chi connectivity index (χ3v) is 7.20. The summed E-state index contributed by atoms with van der Waals surface area (Å²) in [6.07, 6.45) is -1.07. The number of amides is 1. The molecule has 3 atom stereocenters. The summed E-state index contributed by atoms with van der Waals surface area (Å²) in [6, 6.07) is 8.49. The summed E-state index contributed by atoms with van der Waals surface area (Å²) in [5, 5.41) is -0.506. The molecular weight excluding hydrogens is 378 g/mol. The topological polar surface area (TPSA) is 90.0 Å². The average Bonchev–Trinajstić information content (AvgIpc) is 2.87. The lowest BCUT2D eigenvalue weighted by atomic mass is 9.97. The zero-order chi connectivity index (χ0) is 19.1. The van der Waals surface area contributed by atoms with Gasteiger partial charge in [0.1, 0.15) is 18.0 Å². The Bertz CT molecular complexity index is 808. The molecule has 0 saturated carbocycles. The average molecular weight is 399 g/mol. The van der Waals surface area contributed by atoms with Crippen LogP contribution in [0.5, 0.6) is 0 Å². The molecule has 3 rings (SSSR count). The van der Waals surface area contributed by atoms with Crippen LogP contribution in [0.25, 0.3) is 0 Å². The van der Waals surface area contributed by atoms with Crippen molar-refractivity contribution in [2.75, 3.05) is 5.75 Å². The quantitative estimate of drug-likeness (QED) is 0.407. The zero-order valence-electron chi connectivity index (χ0n) is 14.7. The standard InChI is InChI=1S/C17H21NO6S2/c1-4-26(21,22)24-12-14(19)18-13(17(2,3)25-15(12)18)16(20)23-10-11-8-6-5-7-9-11/h5-9,12-13,15H,4,10H2,1-3H3/t12-,13+,15-/m1/s1. The Morgan fingerprint density at radius 3 is 2.54 bits per heavy atom. The summed E-state index contributed by atoms with van der Waals surface area (Å²) in [6.45, 7) is 5.24. The smallest absolute Gasteiger partial charge is 0.330 e. The van der Waals surface area contributed by atoms with Crippen molar-refractivity contribution in [3.63, 3.8) is 0 Å². The molecule has 0 N–H and O–H groups in total. The minimum atomic E-state index is -3.75. The number of β-lactam (4-membered cyclic amide) rings is 1. The fraction of sp³-hybridized carbons (Fsp3) is 0.529. The highest BCUT2D eigenvalue weighted by atomic mass is 32.2. The van der Waals surface area contributed by atoms with Crippen LogP contribution < -0.4 is 0 Å². The Morgan fingerprint density at radius 1 is 1.27 bits per heavy atom. The number of carbonyl (C=O) groups excluding carboxylic acids is 2. The van der Waals surface area contributed by atoms with E-state index in [0.29, 0.717) is 0 Å². The molecule has 9 heteroatoms. The van der Waals surface area contributed by atoms with Crippen LogP contribution >= 0.6 is 11.8 Å². The maximum Gasteiger partial charge on any atom is 0.330 e. The third kappa shape index (κ3) is 3.47.